The molecule has 1 aliphatic heterocycles. The van der Waals surface area contributed by atoms with E-state index in [4.69, 9.17) is 5.73 Å². The van der Waals surface area contributed by atoms with Crippen LogP contribution in [0.25, 0.3) is 0 Å². The summed E-state index contributed by atoms with van der Waals surface area (Å²) in [6.45, 7) is 0. The molecule has 1 aromatic rings. The molecule has 2 rings (SSSR count). The van der Waals surface area contributed by atoms with E-state index >= 15 is 0 Å². The van der Waals surface area contributed by atoms with Crippen LogP contribution in [0, 0.1) is 0 Å². The van der Waals surface area contributed by atoms with Gasteiger partial charge < -0.3 is 5.73 Å². The summed E-state index contributed by atoms with van der Waals surface area (Å²) in [4.78, 5) is 24.3. The minimum absolute atomic E-state index is 0.350. The van der Waals surface area contributed by atoms with Crippen molar-refractivity contribution >= 4 is 35.8 Å². The Kier molecular flexibility index (Phi) is 2.24. The molecule has 0 aliphatic carbocycles. The van der Waals surface area contributed by atoms with Gasteiger partial charge in [0, 0.05) is 22.7 Å². The van der Waals surface area contributed by atoms with Crippen molar-refractivity contribution in [3.05, 3.63) is 30.4 Å². The van der Waals surface area contributed by atoms with E-state index in [0.29, 0.717) is 16.3 Å². The molecule has 1 aliphatic rings. The number of carbonyl (C=O) groups excluding carboxylic acids is 2. The number of thiol groups is 1. The first-order valence-corrected chi connectivity index (χ1v) is 4.69. The van der Waals surface area contributed by atoms with E-state index in [2.05, 4.69) is 12.6 Å². The molecule has 76 valence electrons. The summed E-state index contributed by atoms with van der Waals surface area (Å²) < 4.78 is 0. The molecule has 1 aromatic carbocycles. The van der Waals surface area contributed by atoms with Crippen molar-refractivity contribution in [2.45, 2.75) is 4.90 Å². The van der Waals surface area contributed by atoms with Crippen LogP contribution in [0.4, 0.5) is 11.4 Å². The van der Waals surface area contributed by atoms with E-state index in [1.54, 1.807) is 18.2 Å². The Balaban J connectivity index is 2.42. The van der Waals surface area contributed by atoms with Crippen LogP contribution in [0.3, 0.4) is 0 Å². The fraction of sp³-hybridized carbons (Fsp3) is 0. The van der Waals surface area contributed by atoms with Crippen LogP contribution in [0.2, 0.25) is 0 Å². The zero-order valence-electron chi connectivity index (χ0n) is 7.68. The number of rotatable bonds is 1. The number of nitrogens with two attached hydrogens (primary N) is 1. The van der Waals surface area contributed by atoms with Gasteiger partial charge in [-0.25, -0.2) is 4.90 Å². The molecule has 15 heavy (non-hydrogen) atoms. The fourth-order valence-electron chi connectivity index (χ4n) is 1.33. The van der Waals surface area contributed by atoms with E-state index in [1.807, 2.05) is 0 Å². The predicted molar refractivity (Wildman–Crippen MR) is 59.7 cm³/mol. The Morgan fingerprint density at radius 1 is 1.13 bits per heavy atom. The fourth-order valence-corrected chi connectivity index (χ4v) is 1.53. The van der Waals surface area contributed by atoms with Crippen LogP contribution in [-0.4, -0.2) is 11.8 Å². The molecule has 0 saturated carbocycles. The van der Waals surface area contributed by atoms with Gasteiger partial charge in [0.05, 0.1) is 5.69 Å². The van der Waals surface area contributed by atoms with Gasteiger partial charge in [0.15, 0.2) is 0 Å². The van der Waals surface area contributed by atoms with Crippen molar-refractivity contribution in [2.75, 3.05) is 10.6 Å². The van der Waals surface area contributed by atoms with Gasteiger partial charge >= 0.3 is 0 Å². The Bertz CT molecular complexity index is 464. The lowest BCUT2D eigenvalue weighted by molar-refractivity contribution is -0.119. The van der Waals surface area contributed by atoms with Crippen LogP contribution >= 0.6 is 12.6 Å². The predicted octanol–water partition coefficient (Wildman–Crippen LogP) is 0.987. The maximum Gasteiger partial charge on any atom is 0.258 e. The summed E-state index contributed by atoms with van der Waals surface area (Å²) in [5.74, 6) is -0.699. The van der Waals surface area contributed by atoms with Crippen molar-refractivity contribution in [2.24, 2.45) is 0 Å². The molecule has 0 fully saturated rings. The molecule has 0 aromatic heterocycles. The highest BCUT2D eigenvalue weighted by molar-refractivity contribution is 7.80. The first-order valence-electron chi connectivity index (χ1n) is 4.24. The highest BCUT2D eigenvalue weighted by Gasteiger charge is 2.25. The Morgan fingerprint density at radius 2 is 1.73 bits per heavy atom. The van der Waals surface area contributed by atoms with Crippen molar-refractivity contribution in [3.8, 4) is 0 Å². The molecule has 0 spiro atoms. The molecule has 0 radical (unpaired) electrons. The minimum atomic E-state index is -0.350. The number of nitrogen functional groups attached to an aromatic ring is 1. The Hall–Kier alpha value is -1.75. The zero-order valence-corrected chi connectivity index (χ0v) is 8.57. The van der Waals surface area contributed by atoms with Crippen molar-refractivity contribution in [1.82, 2.24) is 0 Å². The smallest absolute Gasteiger partial charge is 0.258 e. The number of hydrogen-bond acceptors (Lipinski definition) is 4. The summed E-state index contributed by atoms with van der Waals surface area (Å²) in [6.07, 6.45) is 2.47. The summed E-state index contributed by atoms with van der Waals surface area (Å²) in [5, 5.41) is 0. The highest BCUT2D eigenvalue weighted by atomic mass is 32.1. The molecular weight excluding hydrogens is 212 g/mol. The number of benzene rings is 1. The van der Waals surface area contributed by atoms with Crippen LogP contribution in [-0.2, 0) is 9.59 Å². The lowest BCUT2D eigenvalue weighted by atomic mass is 10.2. The molecule has 2 amide bonds. The standard InChI is InChI=1S/C10H8N2O2S/c11-7-2-1-6(5-8(7)15)12-9(13)3-4-10(12)14/h1-5,15H,11H2. The molecule has 0 saturated heterocycles. The van der Waals surface area contributed by atoms with E-state index in [-0.39, 0.29) is 11.8 Å². The second kappa shape index (κ2) is 3.43. The molecule has 4 nitrogen and oxygen atoms in total. The van der Waals surface area contributed by atoms with Crippen LogP contribution < -0.4 is 10.6 Å². The van der Waals surface area contributed by atoms with Gasteiger partial charge in [-0.2, -0.15) is 0 Å². The summed E-state index contributed by atoms with van der Waals surface area (Å²) >= 11 is 4.12. The Labute approximate surface area is 91.8 Å². The monoisotopic (exact) mass is 220 g/mol. The van der Waals surface area contributed by atoms with Gasteiger partial charge in [0.2, 0.25) is 0 Å². The van der Waals surface area contributed by atoms with Gasteiger partial charge in [-0.1, -0.05) is 0 Å². The number of anilines is 2. The first kappa shape index (κ1) is 9.79. The van der Waals surface area contributed by atoms with E-state index in [9.17, 15) is 9.59 Å². The van der Waals surface area contributed by atoms with E-state index < -0.39 is 0 Å². The zero-order chi connectivity index (χ0) is 11.0. The van der Waals surface area contributed by atoms with Crippen LogP contribution in [0.1, 0.15) is 0 Å². The molecule has 5 heteroatoms. The quantitative estimate of drug-likeness (QED) is 0.421. The lowest BCUT2D eigenvalue weighted by Crippen LogP contribution is -2.29. The van der Waals surface area contributed by atoms with Crippen LogP contribution in [0.5, 0.6) is 0 Å². The maximum absolute atomic E-state index is 11.3. The second-order valence-corrected chi connectivity index (χ2v) is 3.57. The second-order valence-electron chi connectivity index (χ2n) is 3.09. The molecule has 0 unspecified atom stereocenters. The van der Waals surface area contributed by atoms with Gasteiger partial charge in [0.25, 0.3) is 11.8 Å². The number of hydrogen-bond donors (Lipinski definition) is 2. The molecule has 0 atom stereocenters. The summed E-state index contributed by atoms with van der Waals surface area (Å²) in [5.41, 5.74) is 6.57. The van der Waals surface area contributed by atoms with Crippen molar-refractivity contribution < 1.29 is 9.59 Å². The van der Waals surface area contributed by atoms with Gasteiger partial charge in [-0.05, 0) is 18.2 Å². The van der Waals surface area contributed by atoms with Gasteiger partial charge in [-0.3, -0.25) is 9.59 Å². The largest absolute Gasteiger partial charge is 0.398 e. The van der Waals surface area contributed by atoms with Gasteiger partial charge in [-0.15, -0.1) is 12.6 Å². The molecule has 1 heterocycles. The Morgan fingerprint density at radius 3 is 2.27 bits per heavy atom. The molecule has 2 N–H and O–H groups in total. The number of nitrogens with zero attached hydrogens (tertiary/aromatic N) is 1. The average Bonchev–Trinajstić information content (AvgIpc) is 2.52. The van der Waals surface area contributed by atoms with Crippen molar-refractivity contribution in [1.29, 1.82) is 0 Å². The molecule has 0 bridgehead atoms. The third-order valence-electron chi connectivity index (χ3n) is 2.08. The van der Waals surface area contributed by atoms with Crippen LogP contribution in [0.15, 0.2) is 35.2 Å². The summed E-state index contributed by atoms with van der Waals surface area (Å²) in [7, 11) is 0. The SMILES string of the molecule is Nc1ccc(N2C(=O)C=CC2=O)cc1S. The maximum atomic E-state index is 11.3. The third-order valence-corrected chi connectivity index (χ3v) is 2.47. The number of imide groups is 1. The van der Waals surface area contributed by atoms with Gasteiger partial charge in [0.1, 0.15) is 0 Å². The number of amides is 2. The topological polar surface area (TPSA) is 63.4 Å². The normalized spacial score (nSPS) is 15.1. The van der Waals surface area contributed by atoms with E-state index in [0.717, 1.165) is 4.90 Å². The highest BCUT2D eigenvalue weighted by Crippen LogP contribution is 2.25. The lowest BCUT2D eigenvalue weighted by Gasteiger charge is -2.14. The third kappa shape index (κ3) is 1.61. The number of carbonyl (C=O) groups is 2. The first-order chi connectivity index (χ1) is 7.09. The minimum Gasteiger partial charge on any atom is -0.398 e. The average molecular weight is 220 g/mol. The van der Waals surface area contributed by atoms with E-state index in [1.165, 1.54) is 12.2 Å². The molecular formula is C10H8N2O2S. The summed E-state index contributed by atoms with van der Waals surface area (Å²) in [6, 6.07) is 4.80. The van der Waals surface area contributed by atoms with Crippen molar-refractivity contribution in [3.63, 3.8) is 0 Å².